The van der Waals surface area contributed by atoms with Crippen LogP contribution in [-0.2, 0) is 24.4 Å². The van der Waals surface area contributed by atoms with E-state index >= 15 is 0 Å². The molecule has 2 heterocycles. The van der Waals surface area contributed by atoms with Crippen molar-refractivity contribution in [3.05, 3.63) is 51.5 Å². The molecule has 1 N–H and O–H groups in total. The Labute approximate surface area is 172 Å². The average molecular weight is 402 g/mol. The van der Waals surface area contributed by atoms with Gasteiger partial charge in [-0.3, -0.25) is 4.90 Å². The molecule has 1 fully saturated rings. The zero-order valence-corrected chi connectivity index (χ0v) is 18.0. The van der Waals surface area contributed by atoms with E-state index in [2.05, 4.69) is 63.7 Å². The molecule has 0 bridgehead atoms. The monoisotopic (exact) mass is 401 g/mol. The van der Waals surface area contributed by atoms with Crippen LogP contribution < -0.4 is 5.32 Å². The van der Waals surface area contributed by atoms with Crippen LogP contribution in [0, 0.1) is 6.92 Å². The molecule has 2 aromatic rings. The second kappa shape index (κ2) is 10.5. The van der Waals surface area contributed by atoms with Crippen LogP contribution in [0.15, 0.2) is 34.6 Å². The van der Waals surface area contributed by atoms with E-state index in [1.54, 1.807) is 11.3 Å². The molecule has 0 radical (unpaired) electrons. The zero-order chi connectivity index (χ0) is 19.8. The highest BCUT2D eigenvalue weighted by Gasteiger charge is 2.11. The van der Waals surface area contributed by atoms with Crippen LogP contribution in [0.25, 0.3) is 0 Å². The van der Waals surface area contributed by atoms with Crippen molar-refractivity contribution in [1.29, 1.82) is 0 Å². The van der Waals surface area contributed by atoms with Gasteiger partial charge in [0.25, 0.3) is 0 Å². The molecular formula is C21H31N5OS. The van der Waals surface area contributed by atoms with Crippen LogP contribution in [-0.4, -0.2) is 60.6 Å². The summed E-state index contributed by atoms with van der Waals surface area (Å²) in [5.41, 5.74) is 3.66. The first-order valence-electron chi connectivity index (χ1n) is 9.92. The Balaban J connectivity index is 1.62. The lowest BCUT2D eigenvalue weighted by atomic mass is 10.1. The normalized spacial score (nSPS) is 15.6. The average Bonchev–Trinajstić information content (AvgIpc) is 3.11. The molecule has 7 heteroatoms. The number of nitrogens with zero attached hydrogens (tertiary/aromatic N) is 4. The highest BCUT2D eigenvalue weighted by molar-refractivity contribution is 7.09. The molecule has 0 saturated carbocycles. The zero-order valence-electron chi connectivity index (χ0n) is 17.1. The van der Waals surface area contributed by atoms with Gasteiger partial charge < -0.3 is 15.0 Å². The van der Waals surface area contributed by atoms with E-state index in [0.29, 0.717) is 6.54 Å². The highest BCUT2D eigenvalue weighted by Crippen LogP contribution is 2.12. The lowest BCUT2D eigenvalue weighted by Crippen LogP contribution is -2.38. The maximum atomic E-state index is 5.44. The van der Waals surface area contributed by atoms with Gasteiger partial charge in [-0.1, -0.05) is 24.3 Å². The number of aromatic nitrogens is 1. The van der Waals surface area contributed by atoms with E-state index < -0.39 is 0 Å². The van der Waals surface area contributed by atoms with Crippen molar-refractivity contribution < 1.29 is 4.74 Å². The molecule has 6 nitrogen and oxygen atoms in total. The van der Waals surface area contributed by atoms with E-state index in [-0.39, 0.29) is 0 Å². The minimum atomic E-state index is 0.666. The Bertz CT molecular complexity index is 770. The smallest absolute Gasteiger partial charge is 0.194 e. The van der Waals surface area contributed by atoms with Crippen LogP contribution in [0.5, 0.6) is 0 Å². The number of thiazole rings is 1. The van der Waals surface area contributed by atoms with Crippen molar-refractivity contribution in [3.8, 4) is 0 Å². The van der Waals surface area contributed by atoms with Crippen LogP contribution in [0.1, 0.15) is 28.8 Å². The van der Waals surface area contributed by atoms with Gasteiger partial charge in [-0.2, -0.15) is 0 Å². The number of morpholine rings is 1. The summed E-state index contributed by atoms with van der Waals surface area (Å²) in [6.45, 7) is 11.1. The summed E-state index contributed by atoms with van der Waals surface area (Å²) in [6, 6.07) is 8.76. The van der Waals surface area contributed by atoms with Gasteiger partial charge in [-0.05, 0) is 25.0 Å². The summed E-state index contributed by atoms with van der Waals surface area (Å²) in [5.74, 6) is 0.909. The number of hydrogen-bond donors (Lipinski definition) is 1. The van der Waals surface area contributed by atoms with Gasteiger partial charge in [0.05, 0.1) is 37.0 Å². The molecule has 1 saturated heterocycles. The number of benzene rings is 1. The fourth-order valence-corrected chi connectivity index (χ4v) is 3.88. The topological polar surface area (TPSA) is 53.0 Å². The third kappa shape index (κ3) is 6.29. The van der Waals surface area contributed by atoms with Crippen LogP contribution in [0.3, 0.4) is 0 Å². The van der Waals surface area contributed by atoms with E-state index in [0.717, 1.165) is 62.6 Å². The molecule has 0 atom stereocenters. The first-order valence-corrected chi connectivity index (χ1v) is 10.8. The van der Waals surface area contributed by atoms with Gasteiger partial charge in [0.15, 0.2) is 5.96 Å². The number of guanidine groups is 1. The van der Waals surface area contributed by atoms with E-state index in [1.165, 1.54) is 11.1 Å². The standard InChI is InChI=1S/C21H31N5OS/c1-4-22-21(25(3)15-20-16-28-17(2)24-20)23-13-18-6-5-7-19(12-18)14-26-8-10-27-11-9-26/h5-7,12,16H,4,8-11,13-15H2,1-3H3,(H,22,23). The van der Waals surface area contributed by atoms with Gasteiger partial charge in [0.2, 0.25) is 0 Å². The lowest BCUT2D eigenvalue weighted by Gasteiger charge is -2.26. The van der Waals surface area contributed by atoms with E-state index in [4.69, 9.17) is 9.73 Å². The molecule has 0 amide bonds. The van der Waals surface area contributed by atoms with Gasteiger partial charge in [-0.15, -0.1) is 11.3 Å². The summed E-state index contributed by atoms with van der Waals surface area (Å²) in [6.07, 6.45) is 0. The van der Waals surface area contributed by atoms with Crippen LogP contribution in [0.4, 0.5) is 0 Å². The molecule has 1 aliphatic rings. The minimum Gasteiger partial charge on any atom is -0.379 e. The summed E-state index contributed by atoms with van der Waals surface area (Å²) >= 11 is 1.69. The summed E-state index contributed by atoms with van der Waals surface area (Å²) < 4.78 is 5.44. The number of aryl methyl sites for hydroxylation is 1. The van der Waals surface area contributed by atoms with Crippen molar-refractivity contribution in [2.45, 2.75) is 33.5 Å². The fraction of sp³-hybridized carbons (Fsp3) is 0.524. The molecule has 1 aromatic carbocycles. The Morgan fingerprint density at radius 1 is 1.32 bits per heavy atom. The number of aliphatic imine (C=N–C) groups is 1. The van der Waals surface area contributed by atoms with Gasteiger partial charge in [0, 0.05) is 38.6 Å². The van der Waals surface area contributed by atoms with E-state index in [1.807, 2.05) is 6.92 Å². The quantitative estimate of drug-likeness (QED) is 0.571. The Morgan fingerprint density at radius 2 is 2.11 bits per heavy atom. The molecule has 28 heavy (non-hydrogen) atoms. The Kier molecular flexibility index (Phi) is 7.82. The molecule has 152 valence electrons. The SMILES string of the molecule is CCNC(=NCc1cccc(CN2CCOCC2)c1)N(C)Cc1csc(C)n1. The van der Waals surface area contributed by atoms with Gasteiger partial charge in [0.1, 0.15) is 0 Å². The van der Waals surface area contributed by atoms with Crippen molar-refractivity contribution in [3.63, 3.8) is 0 Å². The number of nitrogens with one attached hydrogen (secondary N) is 1. The summed E-state index contributed by atoms with van der Waals surface area (Å²) in [5, 5.41) is 6.60. The molecule has 0 spiro atoms. The summed E-state index contributed by atoms with van der Waals surface area (Å²) in [7, 11) is 2.06. The van der Waals surface area contributed by atoms with Gasteiger partial charge in [-0.25, -0.2) is 9.98 Å². The highest BCUT2D eigenvalue weighted by atomic mass is 32.1. The molecule has 3 rings (SSSR count). The van der Waals surface area contributed by atoms with Gasteiger partial charge >= 0.3 is 0 Å². The molecule has 0 aliphatic carbocycles. The lowest BCUT2D eigenvalue weighted by molar-refractivity contribution is 0.0342. The van der Waals surface area contributed by atoms with Crippen molar-refractivity contribution >= 4 is 17.3 Å². The largest absolute Gasteiger partial charge is 0.379 e. The Hall–Kier alpha value is -1.96. The first-order chi connectivity index (χ1) is 13.6. The maximum Gasteiger partial charge on any atom is 0.194 e. The van der Waals surface area contributed by atoms with Crippen molar-refractivity contribution in [2.24, 2.45) is 4.99 Å². The number of ether oxygens (including phenoxy) is 1. The van der Waals surface area contributed by atoms with Crippen LogP contribution in [0.2, 0.25) is 0 Å². The predicted molar refractivity (Wildman–Crippen MR) is 116 cm³/mol. The third-order valence-corrected chi connectivity index (χ3v) is 5.50. The van der Waals surface area contributed by atoms with Crippen molar-refractivity contribution in [1.82, 2.24) is 20.1 Å². The van der Waals surface area contributed by atoms with E-state index in [9.17, 15) is 0 Å². The number of rotatable bonds is 7. The third-order valence-electron chi connectivity index (χ3n) is 4.67. The molecule has 1 aromatic heterocycles. The maximum absolute atomic E-state index is 5.44. The van der Waals surface area contributed by atoms with Crippen molar-refractivity contribution in [2.75, 3.05) is 39.9 Å². The molecular weight excluding hydrogens is 370 g/mol. The predicted octanol–water partition coefficient (Wildman–Crippen LogP) is 2.88. The second-order valence-corrected chi connectivity index (χ2v) is 8.15. The van der Waals surface area contributed by atoms with Crippen LogP contribution >= 0.6 is 11.3 Å². The second-order valence-electron chi connectivity index (χ2n) is 7.09. The molecule has 1 aliphatic heterocycles. The minimum absolute atomic E-state index is 0.666. The molecule has 0 unspecified atom stereocenters. The summed E-state index contributed by atoms with van der Waals surface area (Å²) in [4.78, 5) is 14.0. The fourth-order valence-electron chi connectivity index (χ4n) is 3.28. The first kappa shape index (κ1) is 20.8. The number of hydrogen-bond acceptors (Lipinski definition) is 5. The Morgan fingerprint density at radius 3 is 2.82 bits per heavy atom.